The van der Waals surface area contributed by atoms with Gasteiger partial charge in [-0.15, -0.1) is 24.8 Å². The van der Waals surface area contributed by atoms with E-state index >= 15 is 0 Å². The highest BCUT2D eigenvalue weighted by molar-refractivity contribution is 5.85. The van der Waals surface area contributed by atoms with Crippen molar-refractivity contribution in [1.82, 2.24) is 10.2 Å². The Bertz CT molecular complexity index is 425. The van der Waals surface area contributed by atoms with Crippen molar-refractivity contribution in [2.24, 2.45) is 0 Å². The van der Waals surface area contributed by atoms with Crippen LogP contribution in [0.5, 0.6) is 11.5 Å². The first kappa shape index (κ1) is 21.2. The van der Waals surface area contributed by atoms with Gasteiger partial charge in [0.2, 0.25) is 0 Å². The van der Waals surface area contributed by atoms with Crippen LogP contribution in [0.2, 0.25) is 0 Å². The minimum absolute atomic E-state index is 0. The molecule has 4 nitrogen and oxygen atoms in total. The fourth-order valence-electron chi connectivity index (χ4n) is 2.48. The third-order valence-electron chi connectivity index (χ3n) is 3.50. The zero-order chi connectivity index (χ0) is 14.5. The molecule has 0 aromatic heterocycles. The molecule has 1 N–H and O–H groups in total. The maximum absolute atomic E-state index is 13.5. The van der Waals surface area contributed by atoms with Crippen LogP contribution in [-0.2, 0) is 0 Å². The number of piperazine rings is 1. The van der Waals surface area contributed by atoms with Crippen molar-refractivity contribution in [2.75, 3.05) is 40.4 Å². The molecule has 0 spiro atoms. The molecule has 1 fully saturated rings. The van der Waals surface area contributed by atoms with E-state index in [2.05, 4.69) is 5.32 Å². The Labute approximate surface area is 142 Å². The third kappa shape index (κ3) is 5.12. The first-order chi connectivity index (χ1) is 9.65. The Balaban J connectivity index is 0.00000220. The lowest BCUT2D eigenvalue weighted by Crippen LogP contribution is -2.46. The van der Waals surface area contributed by atoms with Crippen molar-refractivity contribution in [1.29, 1.82) is 0 Å². The zero-order valence-corrected chi connectivity index (χ0v) is 14.2. The molecule has 128 valence electrons. The molecule has 1 aliphatic rings. The van der Waals surface area contributed by atoms with Crippen LogP contribution < -0.4 is 14.8 Å². The van der Waals surface area contributed by atoms with Crippen molar-refractivity contribution in [3.8, 4) is 11.5 Å². The number of nitrogens with zero attached hydrogens (tertiary/aromatic N) is 1. The fourth-order valence-corrected chi connectivity index (χ4v) is 2.48. The minimum atomic E-state index is -2.45. The summed E-state index contributed by atoms with van der Waals surface area (Å²) in [4.78, 5) is 1.80. The lowest BCUT2D eigenvalue weighted by Gasteiger charge is -2.34. The van der Waals surface area contributed by atoms with Crippen LogP contribution in [0.1, 0.15) is 11.6 Å². The van der Waals surface area contributed by atoms with Gasteiger partial charge in [-0.05, 0) is 17.7 Å². The predicted molar refractivity (Wildman–Crippen MR) is 87.2 cm³/mol. The van der Waals surface area contributed by atoms with Gasteiger partial charge in [-0.25, -0.2) is 8.78 Å². The van der Waals surface area contributed by atoms with Crippen LogP contribution >= 0.6 is 24.8 Å². The molecule has 1 atom stereocenters. The van der Waals surface area contributed by atoms with Crippen LogP contribution in [0.3, 0.4) is 0 Å². The average molecular weight is 359 g/mol. The topological polar surface area (TPSA) is 33.7 Å². The van der Waals surface area contributed by atoms with E-state index in [1.54, 1.807) is 23.1 Å². The molecule has 1 aromatic carbocycles. The molecule has 8 heteroatoms. The standard InChI is InChI=1S/C14H20F2N2O2.2ClH/c1-19-11-7-10(8-12(9-11)20-2)13(14(15)16)18-5-3-17-4-6-18;;/h7-9,13-14,17H,3-6H2,1-2H3;2*1H/t13-;;/m0../s1. The summed E-state index contributed by atoms with van der Waals surface area (Å²) < 4.78 is 37.3. The number of alkyl halides is 2. The van der Waals surface area contributed by atoms with E-state index in [0.717, 1.165) is 13.1 Å². The molecule has 0 saturated carbocycles. The van der Waals surface area contributed by atoms with Crippen molar-refractivity contribution in [3.63, 3.8) is 0 Å². The number of halogens is 4. The summed E-state index contributed by atoms with van der Waals surface area (Å²) in [6.45, 7) is 2.66. The molecule has 0 unspecified atom stereocenters. The fraction of sp³-hybridized carbons (Fsp3) is 0.571. The molecular formula is C14H22Cl2F2N2O2. The van der Waals surface area contributed by atoms with Gasteiger partial charge in [0.15, 0.2) is 0 Å². The monoisotopic (exact) mass is 358 g/mol. The number of ether oxygens (including phenoxy) is 2. The summed E-state index contributed by atoms with van der Waals surface area (Å²) in [6.07, 6.45) is -2.45. The summed E-state index contributed by atoms with van der Waals surface area (Å²) in [7, 11) is 3.03. The smallest absolute Gasteiger partial charge is 0.258 e. The van der Waals surface area contributed by atoms with Gasteiger partial charge in [-0.1, -0.05) is 0 Å². The summed E-state index contributed by atoms with van der Waals surface area (Å²) in [5.41, 5.74) is 0.526. The number of benzene rings is 1. The molecule has 0 bridgehead atoms. The van der Waals surface area contributed by atoms with Crippen LogP contribution in [0.25, 0.3) is 0 Å². The normalized spacial score (nSPS) is 16.4. The highest BCUT2D eigenvalue weighted by atomic mass is 35.5. The predicted octanol–water partition coefficient (Wildman–Crippen LogP) is 2.76. The first-order valence-corrected chi connectivity index (χ1v) is 6.61. The average Bonchev–Trinajstić information content (AvgIpc) is 2.47. The molecule has 2 rings (SSSR count). The molecule has 0 aliphatic carbocycles. The maximum atomic E-state index is 13.5. The highest BCUT2D eigenvalue weighted by Gasteiger charge is 2.30. The zero-order valence-electron chi connectivity index (χ0n) is 12.6. The van der Waals surface area contributed by atoms with Gasteiger partial charge in [0, 0.05) is 32.2 Å². The van der Waals surface area contributed by atoms with Gasteiger partial charge in [0.25, 0.3) is 6.43 Å². The van der Waals surface area contributed by atoms with E-state index in [1.165, 1.54) is 14.2 Å². The Kier molecular flexibility index (Phi) is 9.67. The van der Waals surface area contributed by atoms with Gasteiger partial charge in [-0.2, -0.15) is 0 Å². The molecule has 1 heterocycles. The highest BCUT2D eigenvalue weighted by Crippen LogP contribution is 2.33. The Hall–Kier alpha value is -0.820. The van der Waals surface area contributed by atoms with Gasteiger partial charge in [0.05, 0.1) is 20.3 Å². The Morgan fingerprint density at radius 1 is 1.00 bits per heavy atom. The van der Waals surface area contributed by atoms with Crippen LogP contribution in [0, 0.1) is 0 Å². The second kappa shape index (κ2) is 10.0. The number of hydrogen-bond donors (Lipinski definition) is 1. The second-order valence-corrected chi connectivity index (χ2v) is 4.71. The Morgan fingerprint density at radius 2 is 1.50 bits per heavy atom. The molecule has 0 amide bonds. The van der Waals surface area contributed by atoms with E-state index in [9.17, 15) is 8.78 Å². The second-order valence-electron chi connectivity index (χ2n) is 4.71. The van der Waals surface area contributed by atoms with Crippen molar-refractivity contribution in [3.05, 3.63) is 23.8 Å². The molecular weight excluding hydrogens is 337 g/mol. The molecule has 22 heavy (non-hydrogen) atoms. The number of nitrogens with one attached hydrogen (secondary N) is 1. The SMILES string of the molecule is COc1cc(OC)cc([C@@H](C(F)F)N2CCNCC2)c1.Cl.Cl. The van der Waals surface area contributed by atoms with E-state index in [4.69, 9.17) is 9.47 Å². The van der Waals surface area contributed by atoms with Gasteiger partial charge >= 0.3 is 0 Å². The minimum Gasteiger partial charge on any atom is -0.497 e. The summed E-state index contributed by atoms with van der Waals surface area (Å²) >= 11 is 0. The molecule has 1 aliphatic heterocycles. The maximum Gasteiger partial charge on any atom is 0.258 e. The molecule has 0 radical (unpaired) electrons. The lowest BCUT2D eigenvalue weighted by atomic mass is 10.0. The first-order valence-electron chi connectivity index (χ1n) is 6.61. The van der Waals surface area contributed by atoms with Crippen molar-refractivity contribution >= 4 is 24.8 Å². The lowest BCUT2D eigenvalue weighted by molar-refractivity contribution is 0.0180. The number of methoxy groups -OCH3 is 2. The number of hydrogen-bond acceptors (Lipinski definition) is 4. The molecule has 1 aromatic rings. The van der Waals surface area contributed by atoms with E-state index in [0.29, 0.717) is 30.2 Å². The third-order valence-corrected chi connectivity index (χ3v) is 3.50. The van der Waals surface area contributed by atoms with E-state index < -0.39 is 12.5 Å². The summed E-state index contributed by atoms with van der Waals surface area (Å²) in [5.74, 6) is 1.06. The largest absolute Gasteiger partial charge is 0.497 e. The van der Waals surface area contributed by atoms with E-state index in [1.807, 2.05) is 0 Å². The molecule has 1 saturated heterocycles. The van der Waals surface area contributed by atoms with Crippen LogP contribution in [0.15, 0.2) is 18.2 Å². The van der Waals surface area contributed by atoms with Crippen molar-refractivity contribution in [2.45, 2.75) is 12.5 Å². The van der Waals surface area contributed by atoms with Gasteiger partial charge in [-0.3, -0.25) is 4.90 Å². The van der Waals surface area contributed by atoms with Gasteiger partial charge in [0.1, 0.15) is 11.5 Å². The Morgan fingerprint density at radius 3 is 1.91 bits per heavy atom. The summed E-state index contributed by atoms with van der Waals surface area (Å²) in [5, 5.41) is 3.17. The number of rotatable bonds is 5. The summed E-state index contributed by atoms with van der Waals surface area (Å²) in [6, 6.07) is 4.06. The van der Waals surface area contributed by atoms with E-state index in [-0.39, 0.29) is 24.8 Å². The quantitative estimate of drug-likeness (QED) is 0.877. The van der Waals surface area contributed by atoms with Crippen LogP contribution in [-0.4, -0.2) is 51.7 Å². The van der Waals surface area contributed by atoms with Crippen LogP contribution in [0.4, 0.5) is 8.78 Å². The van der Waals surface area contributed by atoms with Gasteiger partial charge < -0.3 is 14.8 Å². The van der Waals surface area contributed by atoms with Crippen molar-refractivity contribution < 1.29 is 18.3 Å².